The van der Waals surface area contributed by atoms with Gasteiger partial charge in [0.05, 0.1) is 6.20 Å². The molecule has 152 valence electrons. The number of carboxylic acid groups (broad SMARTS) is 1. The molecule has 1 amide bonds. The fourth-order valence-electron chi connectivity index (χ4n) is 2.92. The number of aryl methyl sites for hydroxylation is 1. The van der Waals surface area contributed by atoms with Crippen molar-refractivity contribution in [3.63, 3.8) is 0 Å². The number of alkyl halides is 1. The molecule has 4 rings (SSSR count). The van der Waals surface area contributed by atoms with Crippen LogP contribution in [0.4, 0.5) is 10.1 Å². The van der Waals surface area contributed by atoms with Crippen molar-refractivity contribution in [2.24, 2.45) is 7.05 Å². The SMILES string of the molecule is Cn1ncc(C(=O)O)c1C(=O)Nc1ccn2nc(-c3cccc(OCF)c3)nc2c1. The summed E-state index contributed by atoms with van der Waals surface area (Å²) in [5.74, 6) is -1.12. The highest BCUT2D eigenvalue weighted by Gasteiger charge is 2.22. The van der Waals surface area contributed by atoms with Crippen molar-refractivity contribution in [1.29, 1.82) is 0 Å². The third kappa shape index (κ3) is 3.55. The van der Waals surface area contributed by atoms with Crippen LogP contribution in [0, 0.1) is 0 Å². The molecule has 0 radical (unpaired) electrons. The number of amides is 1. The highest BCUT2D eigenvalue weighted by Crippen LogP contribution is 2.23. The van der Waals surface area contributed by atoms with Gasteiger partial charge < -0.3 is 15.2 Å². The first-order valence-electron chi connectivity index (χ1n) is 8.68. The maximum absolute atomic E-state index is 12.6. The molecule has 0 saturated carbocycles. The molecule has 0 saturated heterocycles. The van der Waals surface area contributed by atoms with Gasteiger partial charge in [-0.1, -0.05) is 12.1 Å². The summed E-state index contributed by atoms with van der Waals surface area (Å²) in [7, 11) is 1.48. The van der Waals surface area contributed by atoms with Crippen molar-refractivity contribution in [2.75, 3.05) is 12.2 Å². The third-order valence-electron chi connectivity index (χ3n) is 4.29. The molecule has 1 aromatic carbocycles. The molecule has 0 aliphatic rings. The molecule has 0 spiro atoms. The summed E-state index contributed by atoms with van der Waals surface area (Å²) in [5.41, 5.74) is 1.21. The first-order chi connectivity index (χ1) is 14.5. The van der Waals surface area contributed by atoms with Gasteiger partial charge in [-0.3, -0.25) is 9.48 Å². The van der Waals surface area contributed by atoms with E-state index in [0.717, 1.165) is 6.20 Å². The van der Waals surface area contributed by atoms with Crippen LogP contribution in [0.2, 0.25) is 0 Å². The second-order valence-electron chi connectivity index (χ2n) is 6.22. The molecule has 4 aromatic rings. The number of hydrogen-bond acceptors (Lipinski definition) is 6. The van der Waals surface area contributed by atoms with Crippen molar-refractivity contribution in [2.45, 2.75) is 0 Å². The van der Waals surface area contributed by atoms with E-state index in [1.807, 2.05) is 0 Å². The highest BCUT2D eigenvalue weighted by molar-refractivity contribution is 6.09. The maximum atomic E-state index is 12.6. The van der Waals surface area contributed by atoms with Gasteiger partial charge in [0.2, 0.25) is 6.86 Å². The molecular weight excluding hydrogens is 395 g/mol. The number of hydrogen-bond donors (Lipinski definition) is 2. The highest BCUT2D eigenvalue weighted by atomic mass is 19.1. The lowest BCUT2D eigenvalue weighted by Gasteiger charge is -2.06. The average molecular weight is 410 g/mol. The number of benzene rings is 1. The van der Waals surface area contributed by atoms with Crippen LogP contribution in [0.5, 0.6) is 5.75 Å². The third-order valence-corrected chi connectivity index (χ3v) is 4.29. The van der Waals surface area contributed by atoms with E-state index in [2.05, 4.69) is 20.5 Å². The predicted molar refractivity (Wildman–Crippen MR) is 103 cm³/mol. The topological polar surface area (TPSA) is 124 Å². The van der Waals surface area contributed by atoms with E-state index in [1.165, 1.54) is 16.2 Å². The fraction of sp³-hybridized carbons (Fsp3) is 0.105. The maximum Gasteiger partial charge on any atom is 0.339 e. The van der Waals surface area contributed by atoms with Crippen molar-refractivity contribution in [1.82, 2.24) is 24.4 Å². The predicted octanol–water partition coefficient (Wildman–Crippen LogP) is 2.39. The summed E-state index contributed by atoms with van der Waals surface area (Å²) in [5, 5.41) is 20.0. The molecular formula is C19H15FN6O4. The number of fused-ring (bicyclic) bond motifs is 1. The standard InChI is InChI=1S/C19H15FN6O4/c1-25-16(14(9-21-25)19(28)29)18(27)22-12-5-6-26-15(8-12)23-17(24-26)11-3-2-4-13(7-11)30-10-20/h2-9H,10H2,1H3,(H,22,27)(H,28,29). The van der Waals surface area contributed by atoms with E-state index in [4.69, 9.17) is 4.74 Å². The number of carbonyl (C=O) groups excluding carboxylic acids is 1. The molecule has 30 heavy (non-hydrogen) atoms. The number of halogens is 1. The Labute approximate surface area is 168 Å². The number of carboxylic acids is 1. The molecule has 2 N–H and O–H groups in total. The van der Waals surface area contributed by atoms with E-state index in [0.29, 0.717) is 28.5 Å². The van der Waals surface area contributed by atoms with E-state index < -0.39 is 18.7 Å². The Kier molecular flexibility index (Phi) is 4.84. The van der Waals surface area contributed by atoms with Gasteiger partial charge in [-0.05, 0) is 18.2 Å². The van der Waals surface area contributed by atoms with Crippen molar-refractivity contribution >= 4 is 23.2 Å². The van der Waals surface area contributed by atoms with Gasteiger partial charge in [-0.25, -0.2) is 18.7 Å². The number of aromatic carboxylic acids is 1. The number of aromatic nitrogens is 5. The van der Waals surface area contributed by atoms with Gasteiger partial charge >= 0.3 is 5.97 Å². The number of nitrogens with one attached hydrogen (secondary N) is 1. The molecule has 0 atom stereocenters. The Morgan fingerprint density at radius 1 is 1.27 bits per heavy atom. The zero-order valence-electron chi connectivity index (χ0n) is 15.6. The molecule has 0 fully saturated rings. The van der Waals surface area contributed by atoms with Crippen LogP contribution >= 0.6 is 0 Å². The monoisotopic (exact) mass is 410 g/mol. The van der Waals surface area contributed by atoms with Crippen LogP contribution in [-0.2, 0) is 7.05 Å². The normalized spacial score (nSPS) is 10.9. The zero-order chi connectivity index (χ0) is 21.3. The van der Waals surface area contributed by atoms with E-state index >= 15 is 0 Å². The van der Waals surface area contributed by atoms with Crippen molar-refractivity contribution < 1.29 is 23.8 Å². The second-order valence-corrected chi connectivity index (χ2v) is 6.22. The van der Waals surface area contributed by atoms with Crippen LogP contribution in [0.1, 0.15) is 20.8 Å². The van der Waals surface area contributed by atoms with Gasteiger partial charge in [0.25, 0.3) is 5.91 Å². The zero-order valence-corrected chi connectivity index (χ0v) is 15.6. The second kappa shape index (κ2) is 7.62. The van der Waals surface area contributed by atoms with Crippen LogP contribution in [0.25, 0.3) is 17.0 Å². The van der Waals surface area contributed by atoms with Gasteiger partial charge in [0, 0.05) is 30.6 Å². The molecule has 0 bridgehead atoms. The van der Waals surface area contributed by atoms with Gasteiger partial charge in [0.15, 0.2) is 11.5 Å². The lowest BCUT2D eigenvalue weighted by molar-refractivity contribution is 0.0692. The quantitative estimate of drug-likeness (QED) is 0.500. The minimum absolute atomic E-state index is 0.0748. The molecule has 3 aromatic heterocycles. The van der Waals surface area contributed by atoms with Crippen LogP contribution in [-0.4, -0.2) is 48.2 Å². The molecule has 3 heterocycles. The number of anilines is 1. The van der Waals surface area contributed by atoms with E-state index in [9.17, 15) is 19.1 Å². The summed E-state index contributed by atoms with van der Waals surface area (Å²) in [6, 6.07) is 9.89. The molecule has 0 unspecified atom stereocenters. The summed E-state index contributed by atoms with van der Waals surface area (Å²) in [6.07, 6.45) is 2.72. The van der Waals surface area contributed by atoms with Gasteiger partial charge in [-0.15, -0.1) is 5.10 Å². The number of rotatable bonds is 6. The lowest BCUT2D eigenvalue weighted by Crippen LogP contribution is -2.19. The first kappa shape index (κ1) is 19.1. The fourth-order valence-corrected chi connectivity index (χ4v) is 2.92. The number of nitrogens with zero attached hydrogens (tertiary/aromatic N) is 5. The van der Waals surface area contributed by atoms with Crippen LogP contribution < -0.4 is 10.1 Å². The van der Waals surface area contributed by atoms with Gasteiger partial charge in [-0.2, -0.15) is 5.10 Å². The van der Waals surface area contributed by atoms with E-state index in [-0.39, 0.29) is 11.3 Å². The van der Waals surface area contributed by atoms with Crippen molar-refractivity contribution in [3.05, 3.63) is 60.0 Å². The van der Waals surface area contributed by atoms with Crippen molar-refractivity contribution in [3.8, 4) is 17.1 Å². The first-order valence-corrected chi connectivity index (χ1v) is 8.68. The van der Waals surface area contributed by atoms with E-state index in [1.54, 1.807) is 42.6 Å². The summed E-state index contributed by atoms with van der Waals surface area (Å²) in [6.45, 7) is -0.939. The summed E-state index contributed by atoms with van der Waals surface area (Å²) >= 11 is 0. The average Bonchev–Trinajstić information content (AvgIpc) is 3.31. The largest absolute Gasteiger partial charge is 0.478 e. The molecule has 10 nitrogen and oxygen atoms in total. The Hall–Kier alpha value is -4.28. The Bertz CT molecular complexity index is 1270. The molecule has 0 aliphatic heterocycles. The minimum Gasteiger partial charge on any atom is -0.478 e. The molecule has 0 aliphatic carbocycles. The minimum atomic E-state index is -1.25. The lowest BCUT2D eigenvalue weighted by atomic mass is 10.2. The Morgan fingerprint density at radius 3 is 2.87 bits per heavy atom. The smallest absolute Gasteiger partial charge is 0.339 e. The Morgan fingerprint density at radius 2 is 2.10 bits per heavy atom. The van der Waals surface area contributed by atoms with Crippen LogP contribution in [0.15, 0.2) is 48.8 Å². The van der Waals surface area contributed by atoms with Crippen LogP contribution in [0.3, 0.4) is 0 Å². The molecule has 11 heteroatoms. The summed E-state index contributed by atoms with van der Waals surface area (Å²) in [4.78, 5) is 28.3. The number of carbonyl (C=O) groups is 2. The summed E-state index contributed by atoms with van der Waals surface area (Å²) < 4.78 is 20.0. The Balaban J connectivity index is 1.62. The number of pyridine rings is 1. The van der Waals surface area contributed by atoms with Gasteiger partial charge in [0.1, 0.15) is 17.0 Å². The number of ether oxygens (including phenoxy) is 1.